The molecule has 1 fully saturated rings. The second-order valence-electron chi connectivity index (χ2n) is 9.71. The summed E-state index contributed by atoms with van der Waals surface area (Å²) in [5, 5.41) is 12.5. The maximum atomic E-state index is 12.4. The number of hydrogen-bond donors (Lipinski definition) is 2. The molecule has 6 rings (SSSR count). The minimum atomic E-state index is -0.0358. The van der Waals surface area contributed by atoms with E-state index in [1.165, 1.54) is 0 Å². The number of piperazine rings is 1. The van der Waals surface area contributed by atoms with E-state index in [9.17, 15) is 9.90 Å². The molecule has 5 aromatic rings. The van der Waals surface area contributed by atoms with Gasteiger partial charge in [-0.3, -0.25) is 9.78 Å². The molecule has 39 heavy (non-hydrogen) atoms. The van der Waals surface area contributed by atoms with Crippen molar-refractivity contribution in [3.63, 3.8) is 0 Å². The average molecular weight is 516 g/mol. The van der Waals surface area contributed by atoms with Gasteiger partial charge < -0.3 is 20.2 Å². The van der Waals surface area contributed by atoms with Gasteiger partial charge >= 0.3 is 0 Å². The zero-order valence-corrected chi connectivity index (χ0v) is 21.5. The molecule has 0 radical (unpaired) electrons. The zero-order chi connectivity index (χ0) is 26.6. The molecule has 1 amide bonds. The minimum absolute atomic E-state index is 0.0358. The van der Waals surface area contributed by atoms with Crippen molar-refractivity contribution < 1.29 is 9.90 Å². The van der Waals surface area contributed by atoms with Crippen molar-refractivity contribution in [1.29, 1.82) is 0 Å². The normalized spacial score (nSPS) is 13.4. The molecule has 0 saturated carbocycles. The Bertz CT molecular complexity index is 1580. The Morgan fingerprint density at radius 1 is 0.769 bits per heavy atom. The minimum Gasteiger partial charge on any atom is -0.508 e. The number of phenolic OH excluding ortho intramolecular Hbond substituents is 1. The zero-order valence-electron chi connectivity index (χ0n) is 21.5. The average Bonchev–Trinajstić information content (AvgIpc) is 2.98. The van der Waals surface area contributed by atoms with Crippen LogP contribution in [-0.4, -0.2) is 47.2 Å². The number of hydrogen-bond acceptors (Lipinski definition) is 6. The SMILES string of the molecule is O=C(Cc1ccccc1)Nc1ccc(-c2ccc3ncc(N4CCN(c5ccc(O)cc5)CC4)nc3c2)cc1. The third-order valence-electron chi connectivity index (χ3n) is 7.06. The van der Waals surface area contributed by atoms with Gasteiger partial charge in [0.1, 0.15) is 11.6 Å². The molecule has 4 aromatic carbocycles. The highest BCUT2D eigenvalue weighted by atomic mass is 16.3. The first-order valence-electron chi connectivity index (χ1n) is 13.1. The van der Waals surface area contributed by atoms with Crippen LogP contribution in [0.1, 0.15) is 5.56 Å². The lowest BCUT2D eigenvalue weighted by molar-refractivity contribution is -0.115. The monoisotopic (exact) mass is 515 g/mol. The smallest absolute Gasteiger partial charge is 0.228 e. The Morgan fingerprint density at radius 3 is 2.21 bits per heavy atom. The van der Waals surface area contributed by atoms with E-state index in [0.29, 0.717) is 6.42 Å². The summed E-state index contributed by atoms with van der Waals surface area (Å²) in [7, 11) is 0. The van der Waals surface area contributed by atoms with Crippen molar-refractivity contribution in [2.24, 2.45) is 0 Å². The van der Waals surface area contributed by atoms with Crippen LogP contribution in [0.2, 0.25) is 0 Å². The van der Waals surface area contributed by atoms with Gasteiger partial charge in [-0.2, -0.15) is 0 Å². The molecule has 1 saturated heterocycles. The van der Waals surface area contributed by atoms with Gasteiger partial charge in [0.25, 0.3) is 0 Å². The van der Waals surface area contributed by atoms with E-state index in [0.717, 1.165) is 71.1 Å². The molecule has 194 valence electrons. The lowest BCUT2D eigenvalue weighted by atomic mass is 10.0. The summed E-state index contributed by atoms with van der Waals surface area (Å²) < 4.78 is 0. The molecule has 0 atom stereocenters. The number of carbonyl (C=O) groups excluding carboxylic acids is 1. The number of aromatic hydroxyl groups is 1. The Balaban J connectivity index is 1.13. The maximum Gasteiger partial charge on any atom is 0.228 e. The fourth-order valence-corrected chi connectivity index (χ4v) is 4.92. The maximum absolute atomic E-state index is 12.4. The first-order chi connectivity index (χ1) is 19.1. The fourth-order valence-electron chi connectivity index (χ4n) is 4.92. The molecule has 0 spiro atoms. The highest BCUT2D eigenvalue weighted by molar-refractivity contribution is 5.92. The molecular formula is C32H29N5O2. The van der Waals surface area contributed by atoms with Crippen LogP contribution in [0.3, 0.4) is 0 Å². The summed E-state index contributed by atoms with van der Waals surface area (Å²) in [5.74, 6) is 1.12. The highest BCUT2D eigenvalue weighted by Crippen LogP contribution is 2.27. The summed E-state index contributed by atoms with van der Waals surface area (Å²) in [5.41, 5.74) is 6.68. The van der Waals surface area contributed by atoms with Crippen LogP contribution in [0, 0.1) is 0 Å². The number of nitrogens with zero attached hydrogens (tertiary/aromatic N) is 4. The van der Waals surface area contributed by atoms with Crippen LogP contribution < -0.4 is 15.1 Å². The highest BCUT2D eigenvalue weighted by Gasteiger charge is 2.19. The van der Waals surface area contributed by atoms with Crippen LogP contribution >= 0.6 is 0 Å². The predicted octanol–water partition coefficient (Wildman–Crippen LogP) is 5.51. The molecule has 1 aliphatic rings. The number of nitrogens with one attached hydrogen (secondary N) is 1. The molecule has 1 aliphatic heterocycles. The standard InChI is InChI=1S/C32H29N5O2/c38-28-13-11-27(12-14-28)36-16-18-37(19-17-36)31-22-33-29-15-8-25(21-30(29)35-31)24-6-9-26(10-7-24)34-32(39)20-23-4-2-1-3-5-23/h1-15,21-22,38H,16-20H2,(H,34,39). The first-order valence-corrected chi connectivity index (χ1v) is 13.1. The molecule has 0 bridgehead atoms. The van der Waals surface area contributed by atoms with Gasteiger partial charge in [-0.05, 0) is 65.2 Å². The third-order valence-corrected chi connectivity index (χ3v) is 7.06. The Kier molecular flexibility index (Phi) is 6.78. The van der Waals surface area contributed by atoms with Crippen molar-refractivity contribution in [2.45, 2.75) is 6.42 Å². The number of aromatic nitrogens is 2. The molecular weight excluding hydrogens is 486 g/mol. The largest absolute Gasteiger partial charge is 0.508 e. The van der Waals surface area contributed by atoms with Gasteiger partial charge in [0.15, 0.2) is 0 Å². The second kappa shape index (κ2) is 10.8. The Morgan fingerprint density at radius 2 is 1.46 bits per heavy atom. The van der Waals surface area contributed by atoms with Gasteiger partial charge in [-0.1, -0.05) is 48.5 Å². The number of fused-ring (bicyclic) bond motifs is 1. The summed E-state index contributed by atoms with van der Waals surface area (Å²) in [4.78, 5) is 26.6. The molecule has 7 heteroatoms. The summed E-state index contributed by atoms with van der Waals surface area (Å²) in [6.45, 7) is 3.44. The van der Waals surface area contributed by atoms with E-state index in [1.54, 1.807) is 12.1 Å². The molecule has 2 heterocycles. The van der Waals surface area contributed by atoms with Gasteiger partial charge in [-0.25, -0.2) is 4.98 Å². The van der Waals surface area contributed by atoms with Crippen LogP contribution in [0.5, 0.6) is 5.75 Å². The number of rotatable bonds is 6. The fraction of sp³-hybridized carbons (Fsp3) is 0.156. The van der Waals surface area contributed by atoms with E-state index >= 15 is 0 Å². The lowest BCUT2D eigenvalue weighted by Crippen LogP contribution is -2.46. The molecule has 7 nitrogen and oxygen atoms in total. The van der Waals surface area contributed by atoms with Crippen molar-refractivity contribution in [3.05, 3.63) is 109 Å². The Hall–Kier alpha value is -4.91. The van der Waals surface area contributed by atoms with Crippen LogP contribution in [0.15, 0.2) is 103 Å². The van der Waals surface area contributed by atoms with Gasteiger partial charge in [0, 0.05) is 37.6 Å². The topological polar surface area (TPSA) is 81.6 Å². The molecule has 0 unspecified atom stereocenters. The summed E-state index contributed by atoms with van der Waals surface area (Å²) in [6.07, 6.45) is 2.20. The first kappa shape index (κ1) is 24.4. The number of amides is 1. The van der Waals surface area contributed by atoms with Crippen LogP contribution in [0.4, 0.5) is 17.2 Å². The van der Waals surface area contributed by atoms with E-state index in [2.05, 4.69) is 32.2 Å². The van der Waals surface area contributed by atoms with Gasteiger partial charge in [0.2, 0.25) is 5.91 Å². The van der Waals surface area contributed by atoms with Crippen LogP contribution in [-0.2, 0) is 11.2 Å². The number of benzene rings is 4. The van der Waals surface area contributed by atoms with Crippen molar-refractivity contribution >= 4 is 34.1 Å². The van der Waals surface area contributed by atoms with Crippen molar-refractivity contribution in [2.75, 3.05) is 41.3 Å². The number of anilines is 3. The van der Waals surface area contributed by atoms with Gasteiger partial charge in [-0.15, -0.1) is 0 Å². The van der Waals surface area contributed by atoms with Crippen molar-refractivity contribution in [1.82, 2.24) is 9.97 Å². The second-order valence-corrected chi connectivity index (χ2v) is 9.71. The third kappa shape index (κ3) is 5.67. The number of phenols is 1. The van der Waals surface area contributed by atoms with E-state index in [-0.39, 0.29) is 11.7 Å². The predicted molar refractivity (Wildman–Crippen MR) is 156 cm³/mol. The lowest BCUT2D eigenvalue weighted by Gasteiger charge is -2.36. The quantitative estimate of drug-likeness (QED) is 0.310. The van der Waals surface area contributed by atoms with Gasteiger partial charge in [0.05, 0.1) is 23.7 Å². The van der Waals surface area contributed by atoms with E-state index < -0.39 is 0 Å². The number of carbonyl (C=O) groups is 1. The Labute approximate surface area is 227 Å². The molecule has 1 aromatic heterocycles. The summed E-state index contributed by atoms with van der Waals surface area (Å²) in [6, 6.07) is 31.1. The van der Waals surface area contributed by atoms with E-state index in [4.69, 9.17) is 4.98 Å². The van der Waals surface area contributed by atoms with Crippen LogP contribution in [0.25, 0.3) is 22.2 Å². The van der Waals surface area contributed by atoms with Crippen molar-refractivity contribution in [3.8, 4) is 16.9 Å². The molecule has 2 N–H and O–H groups in total. The van der Waals surface area contributed by atoms with E-state index in [1.807, 2.05) is 79.0 Å². The molecule has 0 aliphatic carbocycles. The summed E-state index contributed by atoms with van der Waals surface area (Å²) >= 11 is 0.